The highest BCUT2D eigenvalue weighted by Crippen LogP contribution is 2.27. The number of benzene rings is 1. The summed E-state index contributed by atoms with van der Waals surface area (Å²) in [5, 5.41) is -0.506. The van der Waals surface area contributed by atoms with Gasteiger partial charge in [-0.3, -0.25) is 4.79 Å². The number of hydrogen-bond donors (Lipinski definition) is 0. The minimum atomic E-state index is -0.506. The predicted molar refractivity (Wildman–Crippen MR) is 82.6 cm³/mol. The van der Waals surface area contributed by atoms with E-state index in [1.54, 1.807) is 6.92 Å². The van der Waals surface area contributed by atoms with Gasteiger partial charge in [-0.05, 0) is 54.9 Å². The zero-order valence-corrected chi connectivity index (χ0v) is 13.4. The summed E-state index contributed by atoms with van der Waals surface area (Å²) in [6, 6.07) is 9.84. The molecule has 0 amide bonds. The SMILES string of the molecule is Cc1cc(C(=O)C(C)Cl)c(C)n1-c1ccccc1Br. The van der Waals surface area contributed by atoms with Crippen molar-refractivity contribution in [3.63, 3.8) is 0 Å². The number of alkyl halides is 1. The standard InChI is InChI=1S/C15H15BrClNO/c1-9-8-12(15(19)10(2)17)11(3)18(9)14-7-5-4-6-13(14)16/h4-8,10H,1-3H3. The summed E-state index contributed by atoms with van der Waals surface area (Å²) in [5.41, 5.74) is 3.65. The highest BCUT2D eigenvalue weighted by molar-refractivity contribution is 9.10. The van der Waals surface area contributed by atoms with Crippen molar-refractivity contribution >= 4 is 33.3 Å². The molecular weight excluding hydrogens is 326 g/mol. The number of carbonyl (C=O) groups is 1. The number of nitrogens with zero attached hydrogens (tertiary/aromatic N) is 1. The Morgan fingerprint density at radius 2 is 1.95 bits per heavy atom. The number of ketones is 1. The third-order valence-electron chi connectivity index (χ3n) is 3.15. The maximum atomic E-state index is 12.1. The Morgan fingerprint density at radius 1 is 1.32 bits per heavy atom. The van der Waals surface area contributed by atoms with E-state index in [0.29, 0.717) is 5.56 Å². The molecular formula is C15H15BrClNO. The highest BCUT2D eigenvalue weighted by atomic mass is 79.9. The van der Waals surface area contributed by atoms with Crippen molar-refractivity contribution < 1.29 is 4.79 Å². The van der Waals surface area contributed by atoms with Crippen molar-refractivity contribution in [2.75, 3.05) is 0 Å². The average molecular weight is 341 g/mol. The minimum absolute atomic E-state index is 0.0342. The number of carbonyl (C=O) groups excluding carboxylic acids is 1. The number of rotatable bonds is 3. The van der Waals surface area contributed by atoms with Crippen molar-refractivity contribution in [1.29, 1.82) is 0 Å². The molecule has 4 heteroatoms. The van der Waals surface area contributed by atoms with Crippen LogP contribution in [0.1, 0.15) is 28.7 Å². The van der Waals surface area contributed by atoms with Gasteiger partial charge in [0.05, 0.1) is 11.1 Å². The molecule has 0 bridgehead atoms. The molecule has 1 aromatic carbocycles. The molecule has 0 aliphatic rings. The summed E-state index contributed by atoms with van der Waals surface area (Å²) in [6.45, 7) is 5.63. The van der Waals surface area contributed by atoms with Crippen LogP contribution < -0.4 is 0 Å². The molecule has 1 atom stereocenters. The molecule has 1 unspecified atom stereocenters. The fraction of sp³-hybridized carbons (Fsp3) is 0.267. The number of para-hydroxylation sites is 1. The molecule has 1 aromatic heterocycles. The summed E-state index contributed by atoms with van der Waals surface area (Å²) < 4.78 is 3.06. The van der Waals surface area contributed by atoms with Crippen LogP contribution in [-0.4, -0.2) is 15.7 Å². The molecule has 0 radical (unpaired) electrons. The Bertz CT molecular complexity index is 631. The van der Waals surface area contributed by atoms with E-state index in [1.807, 2.05) is 44.2 Å². The van der Waals surface area contributed by atoms with Gasteiger partial charge in [0.2, 0.25) is 0 Å². The second-order valence-corrected chi connectivity index (χ2v) is 6.06. The van der Waals surface area contributed by atoms with E-state index in [4.69, 9.17) is 11.6 Å². The van der Waals surface area contributed by atoms with Crippen LogP contribution in [0.3, 0.4) is 0 Å². The number of aromatic nitrogens is 1. The van der Waals surface area contributed by atoms with E-state index in [2.05, 4.69) is 20.5 Å². The highest BCUT2D eigenvalue weighted by Gasteiger charge is 2.20. The maximum Gasteiger partial charge on any atom is 0.182 e. The molecule has 0 aliphatic carbocycles. The van der Waals surface area contributed by atoms with E-state index < -0.39 is 5.38 Å². The summed E-state index contributed by atoms with van der Waals surface area (Å²) in [4.78, 5) is 12.1. The van der Waals surface area contributed by atoms with Crippen LogP contribution in [0.25, 0.3) is 5.69 Å². The van der Waals surface area contributed by atoms with E-state index in [9.17, 15) is 4.79 Å². The van der Waals surface area contributed by atoms with Crippen LogP contribution in [0.2, 0.25) is 0 Å². The van der Waals surface area contributed by atoms with Crippen LogP contribution in [0.15, 0.2) is 34.8 Å². The molecule has 2 nitrogen and oxygen atoms in total. The molecule has 1 heterocycles. The molecule has 0 aliphatic heterocycles. The van der Waals surface area contributed by atoms with Crippen molar-refractivity contribution in [3.8, 4) is 5.69 Å². The maximum absolute atomic E-state index is 12.1. The molecule has 0 spiro atoms. The average Bonchev–Trinajstić information content (AvgIpc) is 2.65. The van der Waals surface area contributed by atoms with Gasteiger partial charge in [0, 0.05) is 21.4 Å². The monoisotopic (exact) mass is 339 g/mol. The van der Waals surface area contributed by atoms with Crippen molar-refractivity contribution in [2.45, 2.75) is 26.1 Å². The molecule has 0 saturated carbocycles. The summed E-state index contributed by atoms with van der Waals surface area (Å²) in [5.74, 6) is -0.0342. The Morgan fingerprint density at radius 3 is 2.53 bits per heavy atom. The lowest BCUT2D eigenvalue weighted by Crippen LogP contribution is -2.11. The zero-order chi connectivity index (χ0) is 14.2. The number of hydrogen-bond acceptors (Lipinski definition) is 1. The lowest BCUT2D eigenvalue weighted by atomic mass is 10.1. The van der Waals surface area contributed by atoms with Gasteiger partial charge < -0.3 is 4.57 Å². The third kappa shape index (κ3) is 2.63. The van der Waals surface area contributed by atoms with Crippen molar-refractivity contribution in [3.05, 3.63) is 51.8 Å². The van der Waals surface area contributed by atoms with E-state index in [-0.39, 0.29) is 5.78 Å². The van der Waals surface area contributed by atoms with Gasteiger partial charge >= 0.3 is 0 Å². The summed E-state index contributed by atoms with van der Waals surface area (Å²) in [6.07, 6.45) is 0. The lowest BCUT2D eigenvalue weighted by Gasteiger charge is -2.12. The Labute approximate surface area is 126 Å². The topological polar surface area (TPSA) is 22.0 Å². The minimum Gasteiger partial charge on any atom is -0.317 e. The van der Waals surface area contributed by atoms with Gasteiger partial charge in [-0.2, -0.15) is 0 Å². The van der Waals surface area contributed by atoms with Crippen LogP contribution in [0.5, 0.6) is 0 Å². The first-order chi connectivity index (χ1) is 8.93. The zero-order valence-electron chi connectivity index (χ0n) is 11.1. The number of aryl methyl sites for hydroxylation is 1. The number of Topliss-reactive ketones (excluding diaryl/α,β-unsaturated/α-hetero) is 1. The van der Waals surface area contributed by atoms with Gasteiger partial charge in [0.1, 0.15) is 0 Å². The smallest absolute Gasteiger partial charge is 0.182 e. The second-order valence-electron chi connectivity index (χ2n) is 4.55. The molecule has 19 heavy (non-hydrogen) atoms. The van der Waals surface area contributed by atoms with E-state index >= 15 is 0 Å². The first-order valence-corrected chi connectivity index (χ1v) is 7.28. The Hall–Kier alpha value is -1.06. The molecule has 0 saturated heterocycles. The Balaban J connectivity index is 2.61. The summed E-state index contributed by atoms with van der Waals surface area (Å²) >= 11 is 9.45. The van der Waals surface area contributed by atoms with Crippen molar-refractivity contribution in [1.82, 2.24) is 4.57 Å². The molecule has 2 rings (SSSR count). The van der Waals surface area contributed by atoms with Gasteiger partial charge in [0.15, 0.2) is 5.78 Å². The first-order valence-electron chi connectivity index (χ1n) is 6.05. The van der Waals surface area contributed by atoms with Crippen LogP contribution in [0, 0.1) is 13.8 Å². The molecule has 0 fully saturated rings. The van der Waals surface area contributed by atoms with Crippen molar-refractivity contribution in [2.24, 2.45) is 0 Å². The predicted octanol–water partition coefficient (Wildman–Crippen LogP) is 4.67. The molecule has 100 valence electrons. The molecule has 0 N–H and O–H groups in total. The molecule has 2 aromatic rings. The van der Waals surface area contributed by atoms with Gasteiger partial charge in [0.25, 0.3) is 0 Å². The second kappa shape index (κ2) is 5.51. The van der Waals surface area contributed by atoms with Gasteiger partial charge in [-0.15, -0.1) is 11.6 Å². The number of halogens is 2. The van der Waals surface area contributed by atoms with E-state index in [0.717, 1.165) is 21.5 Å². The van der Waals surface area contributed by atoms with Gasteiger partial charge in [-0.1, -0.05) is 12.1 Å². The van der Waals surface area contributed by atoms with Crippen LogP contribution in [-0.2, 0) is 0 Å². The lowest BCUT2D eigenvalue weighted by molar-refractivity contribution is 0.0991. The normalized spacial score (nSPS) is 12.5. The fourth-order valence-electron chi connectivity index (χ4n) is 2.23. The van der Waals surface area contributed by atoms with Crippen LogP contribution >= 0.6 is 27.5 Å². The Kier molecular flexibility index (Phi) is 4.16. The summed E-state index contributed by atoms with van der Waals surface area (Å²) in [7, 11) is 0. The third-order valence-corrected chi connectivity index (χ3v) is 4.02. The quantitative estimate of drug-likeness (QED) is 0.588. The first kappa shape index (κ1) is 14.4. The largest absolute Gasteiger partial charge is 0.317 e. The fourth-order valence-corrected chi connectivity index (χ4v) is 2.81. The van der Waals surface area contributed by atoms with Crippen LogP contribution in [0.4, 0.5) is 0 Å². The van der Waals surface area contributed by atoms with E-state index in [1.165, 1.54) is 0 Å². The van der Waals surface area contributed by atoms with Gasteiger partial charge in [-0.25, -0.2) is 0 Å².